The molecule has 2 amide bonds. The quantitative estimate of drug-likeness (QED) is 0.874. The van der Waals surface area contributed by atoms with E-state index in [9.17, 15) is 14.0 Å². The number of rotatable bonds is 4. The number of benzene rings is 1. The molecule has 136 valence electrons. The number of amides is 2. The number of nitrogens with one attached hydrogen (secondary N) is 1. The van der Waals surface area contributed by atoms with Crippen LogP contribution < -0.4 is 5.32 Å². The second kappa shape index (κ2) is 7.85. The van der Waals surface area contributed by atoms with Gasteiger partial charge in [-0.3, -0.25) is 4.79 Å². The summed E-state index contributed by atoms with van der Waals surface area (Å²) < 4.78 is 13.6. The summed E-state index contributed by atoms with van der Waals surface area (Å²) >= 11 is 0. The van der Waals surface area contributed by atoms with Crippen LogP contribution in [0.25, 0.3) is 0 Å². The highest BCUT2D eigenvalue weighted by molar-refractivity contribution is 5.76. The van der Waals surface area contributed by atoms with E-state index < -0.39 is 5.97 Å². The SMILES string of the molecule is O=C(O)C1CCN(C(=O)NC(c2cccc(F)c2)C2CCCC2)CC1. The van der Waals surface area contributed by atoms with Crippen molar-refractivity contribution in [2.75, 3.05) is 13.1 Å². The van der Waals surface area contributed by atoms with E-state index in [1.807, 2.05) is 6.07 Å². The summed E-state index contributed by atoms with van der Waals surface area (Å²) in [6.07, 6.45) is 5.30. The average Bonchev–Trinajstić information content (AvgIpc) is 3.13. The first-order valence-electron chi connectivity index (χ1n) is 9.08. The Labute approximate surface area is 147 Å². The average molecular weight is 348 g/mol. The highest BCUT2D eigenvalue weighted by Crippen LogP contribution is 2.36. The topological polar surface area (TPSA) is 69.6 Å². The Hall–Kier alpha value is -2.11. The van der Waals surface area contributed by atoms with Gasteiger partial charge < -0.3 is 15.3 Å². The van der Waals surface area contributed by atoms with Crippen LogP contribution in [0.15, 0.2) is 24.3 Å². The van der Waals surface area contributed by atoms with E-state index in [0.717, 1.165) is 31.2 Å². The Morgan fingerprint density at radius 3 is 2.44 bits per heavy atom. The Balaban J connectivity index is 1.68. The maximum absolute atomic E-state index is 13.6. The summed E-state index contributed by atoms with van der Waals surface area (Å²) in [6.45, 7) is 0.896. The number of likely N-dealkylation sites (tertiary alicyclic amines) is 1. The molecule has 1 atom stereocenters. The number of carbonyl (C=O) groups is 2. The van der Waals surface area contributed by atoms with Crippen LogP contribution in [0.1, 0.15) is 50.1 Å². The third-order valence-corrected chi connectivity index (χ3v) is 5.49. The number of carbonyl (C=O) groups excluding carboxylic acids is 1. The minimum atomic E-state index is -0.788. The van der Waals surface area contributed by atoms with Crippen molar-refractivity contribution >= 4 is 12.0 Å². The molecule has 0 radical (unpaired) electrons. The number of hydrogen-bond acceptors (Lipinski definition) is 2. The molecular formula is C19H25FN2O3. The van der Waals surface area contributed by atoms with Crippen LogP contribution in [0.2, 0.25) is 0 Å². The van der Waals surface area contributed by atoms with Crippen molar-refractivity contribution in [2.24, 2.45) is 11.8 Å². The van der Waals surface area contributed by atoms with E-state index in [2.05, 4.69) is 5.32 Å². The van der Waals surface area contributed by atoms with Crippen molar-refractivity contribution < 1.29 is 19.1 Å². The molecular weight excluding hydrogens is 323 g/mol. The Bertz CT molecular complexity index is 623. The highest BCUT2D eigenvalue weighted by atomic mass is 19.1. The molecule has 25 heavy (non-hydrogen) atoms. The lowest BCUT2D eigenvalue weighted by molar-refractivity contribution is -0.143. The minimum Gasteiger partial charge on any atom is -0.481 e. The smallest absolute Gasteiger partial charge is 0.317 e. The van der Waals surface area contributed by atoms with Gasteiger partial charge in [0.15, 0.2) is 0 Å². The predicted octanol–water partition coefficient (Wildman–Crippen LogP) is 3.56. The van der Waals surface area contributed by atoms with Crippen LogP contribution in [-0.4, -0.2) is 35.1 Å². The molecule has 5 nitrogen and oxygen atoms in total. The van der Waals surface area contributed by atoms with Crippen molar-refractivity contribution in [1.82, 2.24) is 10.2 Å². The van der Waals surface area contributed by atoms with Crippen molar-refractivity contribution in [3.8, 4) is 0 Å². The van der Waals surface area contributed by atoms with E-state index in [4.69, 9.17) is 5.11 Å². The van der Waals surface area contributed by atoms with E-state index in [0.29, 0.717) is 31.8 Å². The molecule has 1 aromatic rings. The zero-order valence-corrected chi connectivity index (χ0v) is 14.3. The fourth-order valence-electron chi connectivity index (χ4n) is 4.02. The number of piperidine rings is 1. The van der Waals surface area contributed by atoms with E-state index >= 15 is 0 Å². The lowest BCUT2D eigenvalue weighted by atomic mass is 9.91. The molecule has 1 saturated heterocycles. The van der Waals surface area contributed by atoms with Crippen molar-refractivity contribution in [2.45, 2.75) is 44.6 Å². The van der Waals surface area contributed by atoms with Crippen molar-refractivity contribution in [3.63, 3.8) is 0 Å². The summed E-state index contributed by atoms with van der Waals surface area (Å²) in [5.41, 5.74) is 0.806. The molecule has 6 heteroatoms. The van der Waals surface area contributed by atoms with Gasteiger partial charge in [-0.05, 0) is 49.3 Å². The van der Waals surface area contributed by atoms with Gasteiger partial charge in [-0.2, -0.15) is 0 Å². The van der Waals surface area contributed by atoms with Gasteiger partial charge in [-0.15, -0.1) is 0 Å². The summed E-state index contributed by atoms with van der Waals surface area (Å²) in [5, 5.41) is 12.2. The molecule has 0 spiro atoms. The molecule has 0 aromatic heterocycles. The zero-order valence-electron chi connectivity index (χ0n) is 14.3. The van der Waals surface area contributed by atoms with Crippen molar-refractivity contribution in [3.05, 3.63) is 35.6 Å². The maximum Gasteiger partial charge on any atom is 0.317 e. The lowest BCUT2D eigenvalue weighted by Crippen LogP contribution is -2.47. The van der Waals surface area contributed by atoms with Gasteiger partial charge in [0.2, 0.25) is 0 Å². The summed E-state index contributed by atoms with van der Waals surface area (Å²) in [6, 6.07) is 6.08. The molecule has 2 fully saturated rings. The molecule has 1 aliphatic heterocycles. The van der Waals surface area contributed by atoms with Gasteiger partial charge >= 0.3 is 12.0 Å². The minimum absolute atomic E-state index is 0.176. The van der Waals surface area contributed by atoms with Crippen LogP contribution in [-0.2, 0) is 4.79 Å². The Kier molecular flexibility index (Phi) is 5.56. The van der Waals surface area contributed by atoms with Gasteiger partial charge in [-0.1, -0.05) is 25.0 Å². The Morgan fingerprint density at radius 2 is 1.84 bits per heavy atom. The van der Waals surface area contributed by atoms with Crippen LogP contribution in [0, 0.1) is 17.7 Å². The summed E-state index contributed by atoms with van der Waals surface area (Å²) in [5.74, 6) is -1.12. The molecule has 1 heterocycles. The third-order valence-electron chi connectivity index (χ3n) is 5.49. The zero-order chi connectivity index (χ0) is 17.8. The van der Waals surface area contributed by atoms with Crippen LogP contribution in [0.4, 0.5) is 9.18 Å². The monoisotopic (exact) mass is 348 g/mol. The molecule has 3 rings (SSSR count). The maximum atomic E-state index is 13.6. The third kappa shape index (κ3) is 4.30. The molecule has 1 unspecified atom stereocenters. The van der Waals surface area contributed by atoms with E-state index in [1.165, 1.54) is 12.1 Å². The number of hydrogen-bond donors (Lipinski definition) is 2. The second-order valence-corrected chi connectivity index (χ2v) is 7.13. The number of halogens is 1. The van der Waals surface area contributed by atoms with Crippen LogP contribution in [0.5, 0.6) is 0 Å². The first-order chi connectivity index (χ1) is 12.0. The molecule has 1 aliphatic carbocycles. The van der Waals surface area contributed by atoms with Gasteiger partial charge in [-0.25, -0.2) is 9.18 Å². The summed E-state index contributed by atoms with van der Waals surface area (Å²) in [4.78, 5) is 25.4. The second-order valence-electron chi connectivity index (χ2n) is 7.13. The largest absolute Gasteiger partial charge is 0.481 e. The number of nitrogens with zero attached hydrogens (tertiary/aromatic N) is 1. The molecule has 2 N–H and O–H groups in total. The van der Waals surface area contributed by atoms with E-state index in [1.54, 1.807) is 11.0 Å². The summed E-state index contributed by atoms with van der Waals surface area (Å²) in [7, 11) is 0. The lowest BCUT2D eigenvalue weighted by Gasteiger charge is -2.33. The standard InChI is InChI=1S/C19H25FN2O3/c20-16-7-3-6-15(12-16)17(13-4-1-2-5-13)21-19(25)22-10-8-14(9-11-22)18(23)24/h3,6-7,12-14,17H,1-2,4-5,8-11H2,(H,21,25)(H,23,24). The number of carboxylic acid groups (broad SMARTS) is 1. The molecule has 1 aromatic carbocycles. The molecule has 2 aliphatic rings. The van der Waals surface area contributed by atoms with Crippen LogP contribution >= 0.6 is 0 Å². The predicted molar refractivity (Wildman–Crippen MR) is 91.6 cm³/mol. The fourth-order valence-corrected chi connectivity index (χ4v) is 4.02. The van der Waals surface area contributed by atoms with Gasteiger partial charge in [0.05, 0.1) is 12.0 Å². The first kappa shape index (κ1) is 17.7. The van der Waals surface area contributed by atoms with Gasteiger partial charge in [0, 0.05) is 13.1 Å². The highest BCUT2D eigenvalue weighted by Gasteiger charge is 2.31. The molecule has 1 saturated carbocycles. The normalized spacial score (nSPS) is 20.4. The number of urea groups is 1. The first-order valence-corrected chi connectivity index (χ1v) is 9.08. The molecule has 0 bridgehead atoms. The fraction of sp³-hybridized carbons (Fsp3) is 0.579. The number of carboxylic acids is 1. The van der Waals surface area contributed by atoms with Crippen molar-refractivity contribution in [1.29, 1.82) is 0 Å². The van der Waals surface area contributed by atoms with Crippen LogP contribution in [0.3, 0.4) is 0 Å². The van der Waals surface area contributed by atoms with Gasteiger partial charge in [0.25, 0.3) is 0 Å². The van der Waals surface area contributed by atoms with Gasteiger partial charge in [0.1, 0.15) is 5.82 Å². The van der Waals surface area contributed by atoms with E-state index in [-0.39, 0.29) is 23.8 Å². The number of aliphatic carboxylic acids is 1. The Morgan fingerprint density at radius 1 is 1.16 bits per heavy atom.